The van der Waals surface area contributed by atoms with Gasteiger partial charge in [-0.2, -0.15) is 5.26 Å². The van der Waals surface area contributed by atoms with Crippen molar-refractivity contribution in [2.75, 3.05) is 6.54 Å². The molecule has 0 fully saturated rings. The molecule has 1 aromatic carbocycles. The lowest BCUT2D eigenvalue weighted by Gasteiger charge is -2.18. The number of carbonyl (C=O) groups is 1. The minimum Gasteiger partial charge on any atom is -0.467 e. The summed E-state index contributed by atoms with van der Waals surface area (Å²) in [5.41, 5.74) is 0.269. The molecule has 0 saturated heterocycles. The zero-order valence-corrected chi connectivity index (χ0v) is 12.8. The monoisotopic (exact) mass is 325 g/mol. The van der Waals surface area contributed by atoms with Gasteiger partial charge in [-0.1, -0.05) is 12.1 Å². The number of nitrogens with zero attached hydrogens (tertiary/aromatic N) is 3. The van der Waals surface area contributed by atoms with Crippen molar-refractivity contribution in [2.24, 2.45) is 0 Å². The van der Waals surface area contributed by atoms with E-state index in [1.807, 2.05) is 6.07 Å². The number of hydrogen-bond donors (Lipinski definition) is 0. The molecule has 2 aromatic rings. The molecule has 0 unspecified atom stereocenters. The number of para-hydroxylation sites is 1. The number of rotatable bonds is 7. The summed E-state index contributed by atoms with van der Waals surface area (Å²) >= 11 is 0. The second-order valence-corrected chi connectivity index (χ2v) is 4.90. The largest absolute Gasteiger partial charge is 0.467 e. The van der Waals surface area contributed by atoms with Gasteiger partial charge in [0, 0.05) is 18.7 Å². The first-order valence-electron chi connectivity index (χ1n) is 7.21. The number of nitro benzene ring substituents is 1. The van der Waals surface area contributed by atoms with Gasteiger partial charge in [-0.15, -0.1) is 0 Å². The van der Waals surface area contributed by atoms with Crippen LogP contribution in [0.4, 0.5) is 5.69 Å². The van der Waals surface area contributed by atoms with Crippen molar-refractivity contribution >= 4 is 17.7 Å². The van der Waals surface area contributed by atoms with E-state index in [-0.39, 0.29) is 31.1 Å². The summed E-state index contributed by atoms with van der Waals surface area (Å²) in [5.74, 6) is 0.250. The Hall–Kier alpha value is -3.40. The van der Waals surface area contributed by atoms with Crippen molar-refractivity contribution in [3.63, 3.8) is 0 Å². The minimum atomic E-state index is -0.500. The lowest BCUT2D eigenvalue weighted by molar-refractivity contribution is -0.385. The van der Waals surface area contributed by atoms with Crippen LogP contribution in [0.1, 0.15) is 17.7 Å². The molecule has 0 aliphatic carbocycles. The van der Waals surface area contributed by atoms with E-state index in [9.17, 15) is 14.9 Å². The summed E-state index contributed by atoms with van der Waals surface area (Å²) in [7, 11) is 0. The maximum Gasteiger partial charge on any atom is 0.276 e. The summed E-state index contributed by atoms with van der Waals surface area (Å²) in [6.07, 6.45) is 4.36. The van der Waals surface area contributed by atoms with Crippen LogP contribution >= 0.6 is 0 Å². The second-order valence-electron chi connectivity index (χ2n) is 4.90. The molecule has 0 bridgehead atoms. The van der Waals surface area contributed by atoms with Crippen molar-refractivity contribution in [2.45, 2.75) is 13.0 Å². The molecule has 7 heteroatoms. The number of amides is 1. The molecule has 2 rings (SSSR count). The van der Waals surface area contributed by atoms with Crippen LogP contribution in [-0.4, -0.2) is 22.3 Å². The lowest BCUT2D eigenvalue weighted by atomic mass is 10.1. The van der Waals surface area contributed by atoms with Gasteiger partial charge >= 0.3 is 0 Å². The Morgan fingerprint density at radius 3 is 2.79 bits per heavy atom. The van der Waals surface area contributed by atoms with Crippen LogP contribution in [0, 0.1) is 21.4 Å². The van der Waals surface area contributed by atoms with E-state index in [1.54, 1.807) is 30.3 Å². The highest BCUT2D eigenvalue weighted by Gasteiger charge is 2.14. The molecule has 122 valence electrons. The second kappa shape index (κ2) is 8.29. The third kappa shape index (κ3) is 4.55. The average molecular weight is 325 g/mol. The Kier molecular flexibility index (Phi) is 5.86. The molecule has 0 atom stereocenters. The average Bonchev–Trinajstić information content (AvgIpc) is 3.09. The highest BCUT2D eigenvalue weighted by Crippen LogP contribution is 2.19. The molecule has 0 radical (unpaired) electrons. The van der Waals surface area contributed by atoms with Gasteiger partial charge in [0.1, 0.15) is 5.76 Å². The van der Waals surface area contributed by atoms with Crippen LogP contribution in [-0.2, 0) is 11.3 Å². The molecular formula is C17H15N3O4. The summed E-state index contributed by atoms with van der Waals surface area (Å²) in [6.45, 7) is 0.478. The predicted octanol–water partition coefficient (Wildman–Crippen LogP) is 3.14. The Morgan fingerprint density at radius 1 is 1.33 bits per heavy atom. The number of benzene rings is 1. The molecule has 0 aliphatic rings. The van der Waals surface area contributed by atoms with Crippen molar-refractivity contribution in [3.8, 4) is 6.07 Å². The molecule has 0 spiro atoms. The SMILES string of the molecule is N#CCCN(Cc1ccco1)C(=O)C=Cc1ccccc1[N+](=O)[O-]. The normalized spacial score (nSPS) is 10.5. The van der Waals surface area contributed by atoms with Crippen LogP contribution in [0.5, 0.6) is 0 Å². The van der Waals surface area contributed by atoms with Gasteiger partial charge in [0.25, 0.3) is 5.69 Å². The van der Waals surface area contributed by atoms with Crippen LogP contribution in [0.15, 0.2) is 53.2 Å². The molecular weight excluding hydrogens is 310 g/mol. The zero-order chi connectivity index (χ0) is 17.4. The third-order valence-electron chi connectivity index (χ3n) is 3.27. The Balaban J connectivity index is 2.14. The number of hydrogen-bond acceptors (Lipinski definition) is 5. The van der Waals surface area contributed by atoms with E-state index in [0.29, 0.717) is 11.3 Å². The van der Waals surface area contributed by atoms with Gasteiger partial charge in [-0.25, -0.2) is 0 Å². The molecule has 7 nitrogen and oxygen atoms in total. The van der Waals surface area contributed by atoms with Gasteiger partial charge in [0.15, 0.2) is 0 Å². The third-order valence-corrected chi connectivity index (χ3v) is 3.27. The Morgan fingerprint density at radius 2 is 2.12 bits per heavy atom. The first-order chi connectivity index (χ1) is 11.6. The predicted molar refractivity (Wildman–Crippen MR) is 86.5 cm³/mol. The topological polar surface area (TPSA) is 100 Å². The fourth-order valence-corrected chi connectivity index (χ4v) is 2.10. The summed E-state index contributed by atoms with van der Waals surface area (Å²) < 4.78 is 5.22. The first kappa shape index (κ1) is 17.0. The van der Waals surface area contributed by atoms with Crippen LogP contribution in [0.25, 0.3) is 6.08 Å². The van der Waals surface area contributed by atoms with Gasteiger partial charge in [-0.3, -0.25) is 14.9 Å². The molecule has 0 saturated carbocycles. The summed E-state index contributed by atoms with van der Waals surface area (Å²) in [5, 5.41) is 19.7. The molecule has 1 heterocycles. The number of nitro groups is 1. The van der Waals surface area contributed by atoms with E-state index in [4.69, 9.17) is 9.68 Å². The first-order valence-corrected chi connectivity index (χ1v) is 7.21. The standard InChI is InChI=1S/C17H15N3O4/c18-10-4-11-19(13-15-6-3-12-24-15)17(21)9-8-14-5-1-2-7-16(14)20(22)23/h1-3,5-9,12H,4,11,13H2. The fraction of sp³-hybridized carbons (Fsp3) is 0.176. The maximum atomic E-state index is 12.3. The van der Waals surface area contributed by atoms with Crippen molar-refractivity contribution in [1.82, 2.24) is 4.90 Å². The van der Waals surface area contributed by atoms with Crippen molar-refractivity contribution in [3.05, 3.63) is 70.2 Å². The fourth-order valence-electron chi connectivity index (χ4n) is 2.10. The molecule has 1 amide bonds. The number of nitriles is 1. The van der Waals surface area contributed by atoms with E-state index in [0.717, 1.165) is 0 Å². The quantitative estimate of drug-likeness (QED) is 0.442. The lowest BCUT2D eigenvalue weighted by Crippen LogP contribution is -2.29. The molecule has 24 heavy (non-hydrogen) atoms. The van der Waals surface area contributed by atoms with Gasteiger partial charge in [0.05, 0.1) is 35.8 Å². The van der Waals surface area contributed by atoms with E-state index < -0.39 is 4.92 Å². The van der Waals surface area contributed by atoms with Crippen LogP contribution in [0.3, 0.4) is 0 Å². The Bertz CT molecular complexity index is 775. The van der Waals surface area contributed by atoms with Crippen LogP contribution < -0.4 is 0 Å². The van der Waals surface area contributed by atoms with Crippen LogP contribution in [0.2, 0.25) is 0 Å². The highest BCUT2D eigenvalue weighted by molar-refractivity contribution is 5.92. The highest BCUT2D eigenvalue weighted by atomic mass is 16.6. The van der Waals surface area contributed by atoms with Gasteiger partial charge in [0.2, 0.25) is 5.91 Å². The summed E-state index contributed by atoms with van der Waals surface area (Å²) in [6, 6.07) is 11.6. The zero-order valence-electron chi connectivity index (χ0n) is 12.8. The molecule has 0 aliphatic heterocycles. The summed E-state index contributed by atoms with van der Waals surface area (Å²) in [4.78, 5) is 24.3. The number of furan rings is 1. The van der Waals surface area contributed by atoms with Crippen molar-refractivity contribution < 1.29 is 14.1 Å². The smallest absolute Gasteiger partial charge is 0.276 e. The molecule has 0 N–H and O–H groups in total. The Labute approximate surface area is 138 Å². The minimum absolute atomic E-state index is 0.0730. The van der Waals surface area contributed by atoms with E-state index in [2.05, 4.69) is 0 Å². The van der Waals surface area contributed by atoms with Gasteiger partial charge < -0.3 is 9.32 Å². The van der Waals surface area contributed by atoms with E-state index >= 15 is 0 Å². The van der Waals surface area contributed by atoms with Crippen molar-refractivity contribution in [1.29, 1.82) is 5.26 Å². The number of carbonyl (C=O) groups excluding carboxylic acids is 1. The van der Waals surface area contributed by atoms with Gasteiger partial charge in [-0.05, 0) is 24.3 Å². The maximum absolute atomic E-state index is 12.3. The van der Waals surface area contributed by atoms with E-state index in [1.165, 1.54) is 29.4 Å². The molecule has 1 aromatic heterocycles.